The molecule has 0 aromatic heterocycles. The van der Waals surface area contributed by atoms with Gasteiger partial charge in [-0.25, -0.2) is 0 Å². The molecule has 0 aliphatic carbocycles. The molecule has 6 nitrogen and oxygen atoms in total. The van der Waals surface area contributed by atoms with Crippen molar-refractivity contribution in [1.82, 2.24) is 5.32 Å². The van der Waals surface area contributed by atoms with Gasteiger partial charge in [0.15, 0.2) is 0 Å². The molecule has 0 spiro atoms. The lowest BCUT2D eigenvalue weighted by Gasteiger charge is -2.13. The zero-order valence-corrected chi connectivity index (χ0v) is 42.2. The molecule has 0 bridgehead atoms. The van der Waals surface area contributed by atoms with Crippen LogP contribution in [0.4, 0.5) is 0 Å². The Balaban J connectivity index is -0.000000224. The lowest BCUT2D eigenvalue weighted by molar-refractivity contribution is -0.111. The maximum Gasteiger partial charge on any atom is 0.123 e. The molecule has 6 heteroatoms. The largest absolute Gasteiger partial charge is 0.396 e. The molecule has 59 heavy (non-hydrogen) atoms. The number of ether oxygens (including phenoxy) is 2. The van der Waals surface area contributed by atoms with Crippen molar-refractivity contribution >= 4 is 12.6 Å². The van der Waals surface area contributed by atoms with E-state index >= 15 is 0 Å². The van der Waals surface area contributed by atoms with E-state index in [1.807, 2.05) is 6.92 Å². The second kappa shape index (κ2) is 71.7. The fourth-order valence-corrected chi connectivity index (χ4v) is 6.76. The molecular weight excluding hydrogens is 731 g/mol. The Hall–Kier alpha value is -0.820. The zero-order chi connectivity index (χ0) is 45.0. The van der Waals surface area contributed by atoms with Crippen molar-refractivity contribution in [2.75, 3.05) is 47.1 Å². The van der Waals surface area contributed by atoms with Crippen LogP contribution in [-0.4, -0.2) is 64.8 Å². The minimum atomic E-state index is 0.318. The quantitative estimate of drug-likeness (QED) is 0.0470. The summed E-state index contributed by atoms with van der Waals surface area (Å²) in [6, 6.07) is 0. The maximum absolute atomic E-state index is 11.0. The third kappa shape index (κ3) is 78.2. The van der Waals surface area contributed by atoms with Gasteiger partial charge in [-0.15, -0.1) is 0 Å². The van der Waals surface area contributed by atoms with Crippen LogP contribution in [0, 0.1) is 11.8 Å². The number of aliphatic hydroxyl groups is 1. The molecule has 0 radical (unpaired) electrons. The van der Waals surface area contributed by atoms with Gasteiger partial charge in [0.2, 0.25) is 0 Å². The van der Waals surface area contributed by atoms with E-state index in [2.05, 4.69) is 51.6 Å². The molecule has 0 saturated carbocycles. The normalized spacial score (nSPS) is 11.4. The highest BCUT2D eigenvalue weighted by Gasteiger charge is 2.08. The number of carbonyl (C=O) groups is 2. The van der Waals surface area contributed by atoms with Gasteiger partial charge in [-0.2, -0.15) is 0 Å². The smallest absolute Gasteiger partial charge is 0.123 e. The lowest BCUT2D eigenvalue weighted by Crippen LogP contribution is -2.16. The van der Waals surface area contributed by atoms with Crippen molar-refractivity contribution < 1.29 is 24.2 Å². The molecule has 2 atom stereocenters. The van der Waals surface area contributed by atoms with Crippen LogP contribution < -0.4 is 5.32 Å². The summed E-state index contributed by atoms with van der Waals surface area (Å²) in [4.78, 5) is 21.7. The number of aldehydes is 2. The summed E-state index contributed by atoms with van der Waals surface area (Å²) in [5, 5.41) is 11.9. The van der Waals surface area contributed by atoms with Crippen molar-refractivity contribution in [2.45, 2.75) is 273 Å². The lowest BCUT2D eigenvalue weighted by atomic mass is 9.92. The van der Waals surface area contributed by atoms with Crippen LogP contribution >= 0.6 is 0 Å². The molecular formula is C53H113NO5. The van der Waals surface area contributed by atoms with Crippen molar-refractivity contribution in [3.05, 3.63) is 0 Å². The van der Waals surface area contributed by atoms with Crippen LogP contribution in [0.5, 0.6) is 0 Å². The second-order valence-corrected chi connectivity index (χ2v) is 16.8. The minimum Gasteiger partial charge on any atom is -0.396 e. The molecule has 2 unspecified atom stereocenters. The molecule has 0 aliphatic heterocycles. The number of rotatable bonds is 42. The highest BCUT2D eigenvalue weighted by molar-refractivity contribution is 5.53. The first-order valence-electron chi connectivity index (χ1n) is 26.1. The summed E-state index contributed by atoms with van der Waals surface area (Å²) in [5.41, 5.74) is 0. The van der Waals surface area contributed by atoms with Crippen molar-refractivity contribution in [1.29, 1.82) is 0 Å². The molecule has 0 rings (SSSR count). The first-order chi connectivity index (χ1) is 28.9. The standard InChI is InChI=1S/2C17H34O.C11H25NO2.C5H12.C3H8O/c1-3-5-7-9-10-12-14-17(15-16-18)13-11-8-6-4-2;1-3-5-7-9-11-13-15-17(16-18)14-12-10-8-6-4-2;1-14-11-7-3-2-4-8-12-9-5-6-10-13;1-3-5-4-2;1-3-4-2/h2*16-17H,3-15H2,1-2H3;12-13H,2-11H2,1H3;3-5H2,1-2H3;3H2,1-2H3. The predicted octanol–water partition coefficient (Wildman–Crippen LogP) is 16.2. The Morgan fingerprint density at radius 2 is 0.797 bits per heavy atom. The van der Waals surface area contributed by atoms with E-state index in [0.29, 0.717) is 18.4 Å². The molecule has 360 valence electrons. The van der Waals surface area contributed by atoms with Gasteiger partial charge in [0.05, 0.1) is 0 Å². The Morgan fingerprint density at radius 3 is 1.15 bits per heavy atom. The molecule has 0 amide bonds. The Labute approximate surface area is 373 Å². The van der Waals surface area contributed by atoms with E-state index in [-0.39, 0.29) is 0 Å². The fraction of sp³-hybridized carbons (Fsp3) is 0.962. The molecule has 0 aromatic rings. The van der Waals surface area contributed by atoms with Crippen LogP contribution in [0.1, 0.15) is 273 Å². The maximum atomic E-state index is 11.0. The zero-order valence-electron chi connectivity index (χ0n) is 42.2. The predicted molar refractivity (Wildman–Crippen MR) is 264 cm³/mol. The highest BCUT2D eigenvalue weighted by Crippen LogP contribution is 2.21. The first kappa shape index (κ1) is 67.3. The second-order valence-electron chi connectivity index (χ2n) is 16.8. The molecule has 0 aromatic carbocycles. The molecule has 0 aliphatic rings. The molecule has 0 heterocycles. The summed E-state index contributed by atoms with van der Waals surface area (Å²) in [5.74, 6) is 1.02. The number of unbranched alkanes of at least 4 members (excludes halogenated alkanes) is 23. The van der Waals surface area contributed by atoms with Crippen LogP contribution in [0.2, 0.25) is 0 Å². The van der Waals surface area contributed by atoms with Crippen LogP contribution in [0.15, 0.2) is 0 Å². The Morgan fingerprint density at radius 1 is 0.441 bits per heavy atom. The van der Waals surface area contributed by atoms with E-state index in [1.165, 1.54) is 199 Å². The van der Waals surface area contributed by atoms with Crippen LogP contribution in [0.3, 0.4) is 0 Å². The number of nitrogens with one attached hydrogen (secondary N) is 1. The third-order valence-electron chi connectivity index (χ3n) is 10.9. The van der Waals surface area contributed by atoms with Crippen molar-refractivity contribution in [2.24, 2.45) is 11.8 Å². The number of carbonyl (C=O) groups excluding carboxylic acids is 2. The topological polar surface area (TPSA) is 84.9 Å². The fourth-order valence-electron chi connectivity index (χ4n) is 6.76. The monoisotopic (exact) mass is 844 g/mol. The van der Waals surface area contributed by atoms with Gasteiger partial charge in [-0.1, -0.05) is 221 Å². The van der Waals surface area contributed by atoms with E-state index in [1.54, 1.807) is 14.2 Å². The van der Waals surface area contributed by atoms with Gasteiger partial charge in [-0.3, -0.25) is 0 Å². The van der Waals surface area contributed by atoms with E-state index < -0.39 is 0 Å². The number of hydrogen-bond donors (Lipinski definition) is 2. The van der Waals surface area contributed by atoms with Gasteiger partial charge in [0.1, 0.15) is 12.6 Å². The number of hydrogen-bond acceptors (Lipinski definition) is 6. The SMILES string of the molecule is CCCCC.CCCCCCCCC(C=O)CCCCCCC.CCCCCCCCC(CC=O)CCCCCC.CCOC.COCCCCCCNCCCCO. The molecule has 2 N–H and O–H groups in total. The molecule has 0 fully saturated rings. The summed E-state index contributed by atoms with van der Waals surface area (Å²) < 4.78 is 9.52. The Kier molecular flexibility index (Phi) is 81.7. The van der Waals surface area contributed by atoms with Gasteiger partial charge < -0.3 is 29.5 Å². The number of methoxy groups -OCH3 is 2. The van der Waals surface area contributed by atoms with Gasteiger partial charge in [-0.05, 0) is 64.5 Å². The summed E-state index contributed by atoms with van der Waals surface area (Å²) >= 11 is 0. The van der Waals surface area contributed by atoms with Crippen molar-refractivity contribution in [3.8, 4) is 0 Å². The Bertz CT molecular complexity index is 648. The third-order valence-corrected chi connectivity index (χ3v) is 10.9. The average Bonchev–Trinajstić information content (AvgIpc) is 3.25. The molecule has 0 saturated heterocycles. The summed E-state index contributed by atoms with van der Waals surface area (Å²) in [6.07, 6.45) is 47.0. The van der Waals surface area contributed by atoms with E-state index in [0.717, 1.165) is 64.7 Å². The highest BCUT2D eigenvalue weighted by atomic mass is 16.5. The van der Waals surface area contributed by atoms with E-state index in [4.69, 9.17) is 9.84 Å². The number of aliphatic hydroxyl groups excluding tert-OH is 1. The van der Waals surface area contributed by atoms with Crippen molar-refractivity contribution in [3.63, 3.8) is 0 Å². The van der Waals surface area contributed by atoms with E-state index in [9.17, 15) is 9.59 Å². The van der Waals surface area contributed by atoms with Crippen LogP contribution in [-0.2, 0) is 19.1 Å². The minimum absolute atomic E-state index is 0.318. The van der Waals surface area contributed by atoms with Crippen LogP contribution in [0.25, 0.3) is 0 Å². The van der Waals surface area contributed by atoms with Gasteiger partial charge in [0.25, 0.3) is 0 Å². The van der Waals surface area contributed by atoms with Gasteiger partial charge >= 0.3 is 0 Å². The summed E-state index contributed by atoms with van der Waals surface area (Å²) in [7, 11) is 3.43. The first-order valence-corrected chi connectivity index (χ1v) is 26.1. The average molecular weight is 844 g/mol. The van der Waals surface area contributed by atoms with Gasteiger partial charge in [0, 0.05) is 46.4 Å². The summed E-state index contributed by atoms with van der Waals surface area (Å²) in [6.45, 7) is 19.6.